The summed E-state index contributed by atoms with van der Waals surface area (Å²) < 4.78 is 11.9. The highest BCUT2D eigenvalue weighted by Gasteiger charge is 2.31. The molecule has 1 N–H and O–H groups in total. The molecular formula is C25H32N2O4S. The van der Waals surface area contributed by atoms with Gasteiger partial charge in [0.05, 0.1) is 5.54 Å². The minimum atomic E-state index is -0.629. The van der Waals surface area contributed by atoms with E-state index >= 15 is 0 Å². The molecule has 0 saturated carbocycles. The average Bonchev–Trinajstić information content (AvgIpc) is 2.70. The predicted octanol–water partition coefficient (Wildman–Crippen LogP) is 4.70. The Hall–Kier alpha value is -2.67. The van der Waals surface area contributed by atoms with E-state index in [4.69, 9.17) is 9.47 Å². The first-order valence-corrected chi connectivity index (χ1v) is 12.1. The van der Waals surface area contributed by atoms with Crippen molar-refractivity contribution >= 4 is 23.6 Å². The maximum absolute atomic E-state index is 13.4. The second-order valence-electron chi connectivity index (χ2n) is 9.20. The van der Waals surface area contributed by atoms with Crippen LogP contribution in [-0.2, 0) is 0 Å². The monoisotopic (exact) mass is 456 g/mol. The largest absolute Gasteiger partial charge is 0.486 e. The molecule has 1 aliphatic rings. The van der Waals surface area contributed by atoms with Gasteiger partial charge in [0.2, 0.25) is 0 Å². The summed E-state index contributed by atoms with van der Waals surface area (Å²) in [7, 11) is 0. The lowest BCUT2D eigenvalue weighted by Crippen LogP contribution is -2.56. The fourth-order valence-electron chi connectivity index (χ4n) is 3.74. The van der Waals surface area contributed by atoms with Crippen LogP contribution in [0.4, 0.5) is 0 Å². The molecule has 2 amide bonds. The number of nitrogens with one attached hydrogen (secondary N) is 1. The van der Waals surface area contributed by atoms with Crippen molar-refractivity contribution in [2.75, 3.05) is 18.6 Å². The van der Waals surface area contributed by atoms with Crippen molar-refractivity contribution in [1.82, 2.24) is 10.4 Å². The third-order valence-electron chi connectivity index (χ3n) is 5.23. The second kappa shape index (κ2) is 9.45. The molecule has 0 fully saturated rings. The Morgan fingerprint density at radius 1 is 1.12 bits per heavy atom. The number of ether oxygens (including phenoxy) is 2. The third kappa shape index (κ3) is 5.21. The van der Waals surface area contributed by atoms with E-state index in [9.17, 15) is 9.59 Å². The van der Waals surface area contributed by atoms with E-state index in [1.54, 1.807) is 23.9 Å². The Labute approximate surface area is 194 Å². The number of nitrogens with zero attached hydrogens (tertiary/aromatic N) is 1. The number of hydrazine groups is 1. The SMILES string of the molecule is CSC[C@H]1COc2ccc(C(=O)NN(C(=O)c3cc(C)cc(C)c3)C(C)(C)C)c(C)c2O1. The minimum absolute atomic E-state index is 0.0632. The fourth-order valence-corrected chi connectivity index (χ4v) is 4.27. The summed E-state index contributed by atoms with van der Waals surface area (Å²) in [5.41, 5.74) is 5.88. The molecule has 1 aliphatic heterocycles. The minimum Gasteiger partial charge on any atom is -0.486 e. The summed E-state index contributed by atoms with van der Waals surface area (Å²) in [5.74, 6) is 1.40. The van der Waals surface area contributed by atoms with Gasteiger partial charge in [-0.3, -0.25) is 15.0 Å². The zero-order valence-corrected chi connectivity index (χ0v) is 20.7. The molecule has 3 rings (SSSR count). The average molecular weight is 457 g/mol. The van der Waals surface area contributed by atoms with Crippen molar-refractivity contribution < 1.29 is 19.1 Å². The van der Waals surface area contributed by atoms with E-state index in [0.717, 1.165) is 16.9 Å². The van der Waals surface area contributed by atoms with Gasteiger partial charge in [-0.05, 0) is 72.1 Å². The topological polar surface area (TPSA) is 67.9 Å². The number of benzene rings is 2. The maximum Gasteiger partial charge on any atom is 0.272 e. The standard InChI is InChI=1S/C25H32N2O4S/c1-15-10-16(2)12-18(11-15)24(29)27(25(4,5)6)26-23(28)20-8-9-21-22(17(20)3)31-19(13-30-21)14-32-7/h8-12,19H,13-14H2,1-7H3,(H,26,28)/t19-/m1/s1. The number of amides is 2. The molecule has 6 nitrogen and oxygen atoms in total. The van der Waals surface area contributed by atoms with E-state index in [2.05, 4.69) is 5.43 Å². The van der Waals surface area contributed by atoms with Gasteiger partial charge in [-0.25, -0.2) is 5.01 Å². The molecule has 1 heterocycles. The van der Waals surface area contributed by atoms with E-state index < -0.39 is 5.54 Å². The molecule has 0 saturated heterocycles. The van der Waals surface area contributed by atoms with Crippen LogP contribution in [0.5, 0.6) is 11.5 Å². The van der Waals surface area contributed by atoms with Crippen molar-refractivity contribution in [3.05, 3.63) is 58.1 Å². The molecule has 0 bridgehead atoms. The lowest BCUT2D eigenvalue weighted by molar-refractivity contribution is 0.0357. The van der Waals surface area contributed by atoms with E-state index in [1.807, 2.05) is 66.0 Å². The number of hydrogen-bond acceptors (Lipinski definition) is 5. The van der Waals surface area contributed by atoms with E-state index in [0.29, 0.717) is 34.8 Å². The van der Waals surface area contributed by atoms with Crippen molar-refractivity contribution in [2.24, 2.45) is 0 Å². The highest BCUT2D eigenvalue weighted by Crippen LogP contribution is 2.37. The normalized spacial score (nSPS) is 15.3. The fraction of sp³-hybridized carbons (Fsp3) is 0.440. The summed E-state index contributed by atoms with van der Waals surface area (Å²) >= 11 is 1.68. The third-order valence-corrected chi connectivity index (χ3v) is 5.94. The molecule has 2 aromatic rings. The van der Waals surface area contributed by atoms with Gasteiger partial charge in [-0.15, -0.1) is 0 Å². The zero-order chi connectivity index (χ0) is 23.6. The van der Waals surface area contributed by atoms with Gasteiger partial charge in [0.25, 0.3) is 11.8 Å². The van der Waals surface area contributed by atoms with Crippen LogP contribution in [-0.4, -0.2) is 47.1 Å². The first-order valence-electron chi connectivity index (χ1n) is 10.7. The van der Waals surface area contributed by atoms with Crippen LogP contribution < -0.4 is 14.9 Å². The molecule has 0 aliphatic carbocycles. The van der Waals surface area contributed by atoms with Gasteiger partial charge in [0.15, 0.2) is 11.5 Å². The number of fused-ring (bicyclic) bond motifs is 1. The Morgan fingerprint density at radius 2 is 1.78 bits per heavy atom. The Morgan fingerprint density at radius 3 is 2.38 bits per heavy atom. The molecule has 0 unspecified atom stereocenters. The Balaban J connectivity index is 1.89. The summed E-state index contributed by atoms with van der Waals surface area (Å²) in [6.45, 7) is 11.9. The van der Waals surface area contributed by atoms with Crippen molar-refractivity contribution in [2.45, 2.75) is 53.2 Å². The molecular weight excluding hydrogens is 424 g/mol. The summed E-state index contributed by atoms with van der Waals surface area (Å²) in [6.07, 6.45) is 1.95. The molecule has 7 heteroatoms. The van der Waals surface area contributed by atoms with Gasteiger partial charge < -0.3 is 9.47 Å². The number of rotatable bonds is 4. The Bertz CT molecular complexity index is 1010. The van der Waals surface area contributed by atoms with E-state index in [-0.39, 0.29) is 17.9 Å². The first-order chi connectivity index (χ1) is 15.0. The second-order valence-corrected chi connectivity index (χ2v) is 10.1. The molecule has 0 aromatic heterocycles. The van der Waals surface area contributed by atoms with Gasteiger partial charge in [0, 0.05) is 22.4 Å². The number of thioether (sulfide) groups is 1. The lowest BCUT2D eigenvalue weighted by Gasteiger charge is -2.36. The highest BCUT2D eigenvalue weighted by molar-refractivity contribution is 7.98. The molecule has 0 radical (unpaired) electrons. The molecule has 2 aromatic carbocycles. The van der Waals surface area contributed by atoms with E-state index in [1.165, 1.54) is 5.01 Å². The van der Waals surface area contributed by atoms with Gasteiger partial charge in [0.1, 0.15) is 12.7 Å². The number of carbonyl (C=O) groups is 2. The van der Waals surface area contributed by atoms with Crippen LogP contribution in [0.15, 0.2) is 30.3 Å². The molecule has 32 heavy (non-hydrogen) atoms. The lowest BCUT2D eigenvalue weighted by atomic mass is 10.0. The predicted molar refractivity (Wildman–Crippen MR) is 129 cm³/mol. The number of hydrogen-bond donors (Lipinski definition) is 1. The highest BCUT2D eigenvalue weighted by atomic mass is 32.2. The first kappa shape index (κ1) is 24.0. The van der Waals surface area contributed by atoms with Crippen LogP contribution >= 0.6 is 11.8 Å². The number of carbonyl (C=O) groups excluding carboxylic acids is 2. The number of aryl methyl sites for hydroxylation is 2. The van der Waals surface area contributed by atoms with Crippen LogP contribution in [0.1, 0.15) is 58.2 Å². The summed E-state index contributed by atoms with van der Waals surface area (Å²) in [6, 6.07) is 9.14. The van der Waals surface area contributed by atoms with Crippen molar-refractivity contribution in [1.29, 1.82) is 0 Å². The van der Waals surface area contributed by atoms with Crippen molar-refractivity contribution in [3.63, 3.8) is 0 Å². The van der Waals surface area contributed by atoms with Crippen LogP contribution in [0.25, 0.3) is 0 Å². The van der Waals surface area contributed by atoms with Crippen LogP contribution in [0.3, 0.4) is 0 Å². The van der Waals surface area contributed by atoms with Crippen LogP contribution in [0.2, 0.25) is 0 Å². The smallest absolute Gasteiger partial charge is 0.272 e. The molecule has 0 spiro atoms. The van der Waals surface area contributed by atoms with Gasteiger partial charge in [-0.1, -0.05) is 17.2 Å². The summed E-state index contributed by atoms with van der Waals surface area (Å²) in [5, 5.41) is 1.40. The van der Waals surface area contributed by atoms with Crippen molar-refractivity contribution in [3.8, 4) is 11.5 Å². The quantitative estimate of drug-likeness (QED) is 0.676. The zero-order valence-electron chi connectivity index (χ0n) is 19.9. The van der Waals surface area contributed by atoms with Gasteiger partial charge >= 0.3 is 0 Å². The maximum atomic E-state index is 13.4. The molecule has 172 valence electrons. The van der Waals surface area contributed by atoms with Gasteiger partial charge in [-0.2, -0.15) is 11.8 Å². The summed E-state index contributed by atoms with van der Waals surface area (Å²) in [4.78, 5) is 26.6. The Kier molecular flexibility index (Phi) is 7.08. The van der Waals surface area contributed by atoms with Crippen LogP contribution in [0, 0.1) is 20.8 Å². The molecule has 1 atom stereocenters.